The van der Waals surface area contributed by atoms with Crippen molar-refractivity contribution in [1.29, 1.82) is 0 Å². The fourth-order valence-corrected chi connectivity index (χ4v) is 4.16. The number of thioether (sulfide) groups is 1. The van der Waals surface area contributed by atoms with Crippen LogP contribution in [0.4, 0.5) is 5.69 Å². The van der Waals surface area contributed by atoms with Crippen LogP contribution in [0.1, 0.15) is 12.5 Å². The average Bonchev–Trinajstić information content (AvgIpc) is 2.87. The quantitative estimate of drug-likeness (QED) is 0.465. The first kappa shape index (κ1) is 19.2. The minimum atomic E-state index is -0.204. The molecule has 1 heterocycles. The minimum absolute atomic E-state index is 0.118. The Balaban J connectivity index is 1.94. The summed E-state index contributed by atoms with van der Waals surface area (Å²) in [4.78, 5) is 14.8. The van der Waals surface area contributed by atoms with Gasteiger partial charge in [-0.05, 0) is 55.0 Å². The molecule has 0 unspecified atom stereocenters. The Hall–Kier alpha value is -1.54. The number of benzene rings is 2. The lowest BCUT2D eigenvalue weighted by atomic mass is 10.1. The Morgan fingerprint density at radius 3 is 2.69 bits per heavy atom. The molecule has 2 aromatic carbocycles. The van der Waals surface area contributed by atoms with Gasteiger partial charge >= 0.3 is 0 Å². The van der Waals surface area contributed by atoms with Crippen molar-refractivity contribution in [1.82, 2.24) is 0 Å². The number of nitrogens with zero attached hydrogens (tertiary/aromatic N) is 1. The van der Waals surface area contributed by atoms with E-state index in [0.29, 0.717) is 27.1 Å². The van der Waals surface area contributed by atoms with E-state index in [1.807, 2.05) is 31.2 Å². The van der Waals surface area contributed by atoms with Crippen LogP contribution in [0, 0.1) is 0 Å². The number of carbonyl (C=O) groups excluding carboxylic acids is 1. The highest BCUT2D eigenvalue weighted by molar-refractivity contribution is 9.10. The van der Waals surface area contributed by atoms with Crippen LogP contribution in [0.15, 0.2) is 45.8 Å². The van der Waals surface area contributed by atoms with Crippen molar-refractivity contribution < 1.29 is 14.6 Å². The van der Waals surface area contributed by atoms with Crippen LogP contribution in [0.25, 0.3) is 6.08 Å². The molecule has 134 valence electrons. The first-order chi connectivity index (χ1) is 12.4. The lowest BCUT2D eigenvalue weighted by Crippen LogP contribution is -2.27. The van der Waals surface area contributed by atoms with Crippen molar-refractivity contribution in [3.63, 3.8) is 0 Å². The van der Waals surface area contributed by atoms with Crippen LogP contribution >= 0.6 is 51.5 Å². The van der Waals surface area contributed by atoms with Crippen LogP contribution in [-0.2, 0) is 4.79 Å². The number of hydrogen-bond acceptors (Lipinski definition) is 5. The molecule has 0 spiro atoms. The summed E-state index contributed by atoms with van der Waals surface area (Å²) in [5.41, 5.74) is 1.35. The zero-order chi connectivity index (χ0) is 18.8. The van der Waals surface area contributed by atoms with Crippen molar-refractivity contribution in [2.45, 2.75) is 6.92 Å². The van der Waals surface area contributed by atoms with E-state index >= 15 is 0 Å². The van der Waals surface area contributed by atoms with Gasteiger partial charge < -0.3 is 9.84 Å². The highest BCUT2D eigenvalue weighted by Gasteiger charge is 2.33. The van der Waals surface area contributed by atoms with E-state index in [1.165, 1.54) is 16.7 Å². The average molecular weight is 471 g/mol. The van der Waals surface area contributed by atoms with Crippen LogP contribution in [-0.4, -0.2) is 21.9 Å². The maximum atomic E-state index is 12.8. The third-order valence-corrected chi connectivity index (χ3v) is 5.65. The maximum absolute atomic E-state index is 12.8. The summed E-state index contributed by atoms with van der Waals surface area (Å²) in [5.74, 6) is -0.0489. The normalized spacial score (nSPS) is 15.8. The molecule has 0 atom stereocenters. The summed E-state index contributed by atoms with van der Waals surface area (Å²) < 4.78 is 6.75. The molecular formula is C18H13BrClNO3S2. The van der Waals surface area contributed by atoms with Gasteiger partial charge in [-0.15, -0.1) is 0 Å². The third-order valence-electron chi connectivity index (χ3n) is 3.53. The van der Waals surface area contributed by atoms with E-state index in [9.17, 15) is 9.90 Å². The summed E-state index contributed by atoms with van der Waals surface area (Å²) in [6.07, 6.45) is 1.69. The van der Waals surface area contributed by atoms with E-state index in [4.69, 9.17) is 28.6 Å². The zero-order valence-electron chi connectivity index (χ0n) is 13.5. The van der Waals surface area contributed by atoms with Gasteiger partial charge in [-0.25, -0.2) is 0 Å². The molecule has 1 aliphatic rings. The molecule has 1 aliphatic heterocycles. The number of phenols is 1. The third kappa shape index (κ3) is 3.91. The number of amides is 1. The second-order valence-corrected chi connectivity index (χ2v) is 8.27. The summed E-state index contributed by atoms with van der Waals surface area (Å²) in [6, 6.07) is 10.6. The van der Waals surface area contributed by atoms with Gasteiger partial charge in [-0.2, -0.15) is 0 Å². The van der Waals surface area contributed by atoms with Crippen LogP contribution in [0.2, 0.25) is 5.02 Å². The fraction of sp³-hybridized carbons (Fsp3) is 0.111. The molecule has 0 aliphatic carbocycles. The number of thiocarbonyl (C=S) groups is 1. The summed E-state index contributed by atoms with van der Waals surface area (Å²) in [6.45, 7) is 2.20. The second-order valence-electron chi connectivity index (χ2n) is 5.28. The molecule has 3 rings (SSSR count). The Bertz CT molecular complexity index is 915. The number of carbonyl (C=O) groups is 1. The van der Waals surface area contributed by atoms with Crippen LogP contribution in [0.5, 0.6) is 11.5 Å². The van der Waals surface area contributed by atoms with Crippen molar-refractivity contribution in [3.05, 3.63) is 56.4 Å². The van der Waals surface area contributed by atoms with Gasteiger partial charge in [0.25, 0.3) is 5.91 Å². The number of anilines is 1. The molecule has 0 bridgehead atoms. The van der Waals surface area contributed by atoms with Crippen LogP contribution in [0.3, 0.4) is 0 Å². The summed E-state index contributed by atoms with van der Waals surface area (Å²) in [5, 5.41) is 10.1. The topological polar surface area (TPSA) is 49.8 Å². The molecule has 1 saturated heterocycles. The Kier molecular flexibility index (Phi) is 5.92. The van der Waals surface area contributed by atoms with E-state index < -0.39 is 0 Å². The first-order valence-corrected chi connectivity index (χ1v) is 9.99. The summed E-state index contributed by atoms with van der Waals surface area (Å²) in [7, 11) is 0. The van der Waals surface area contributed by atoms with Crippen molar-refractivity contribution >= 4 is 73.5 Å². The predicted molar refractivity (Wildman–Crippen MR) is 114 cm³/mol. The van der Waals surface area contributed by atoms with Gasteiger partial charge in [0, 0.05) is 4.47 Å². The fourth-order valence-electron chi connectivity index (χ4n) is 2.37. The molecule has 0 saturated carbocycles. The maximum Gasteiger partial charge on any atom is 0.270 e. The van der Waals surface area contributed by atoms with Crippen molar-refractivity contribution in [2.75, 3.05) is 11.5 Å². The van der Waals surface area contributed by atoms with Gasteiger partial charge in [0.2, 0.25) is 0 Å². The van der Waals surface area contributed by atoms with Gasteiger partial charge in [-0.3, -0.25) is 9.69 Å². The predicted octanol–water partition coefficient (Wildman–Crippen LogP) is 5.61. The summed E-state index contributed by atoms with van der Waals surface area (Å²) >= 11 is 16.0. The first-order valence-electron chi connectivity index (χ1n) is 7.59. The Morgan fingerprint density at radius 1 is 1.35 bits per heavy atom. The molecule has 0 radical (unpaired) electrons. The van der Waals surface area contributed by atoms with Gasteiger partial charge in [0.05, 0.1) is 22.2 Å². The number of hydrogen-bond donors (Lipinski definition) is 1. The largest absolute Gasteiger partial charge is 0.503 e. The number of aromatic hydroxyl groups is 1. The van der Waals surface area contributed by atoms with Gasteiger partial charge in [-0.1, -0.05) is 51.5 Å². The standard InChI is InChI=1S/C18H13BrClNO3S2/c1-2-24-14-8-10(7-13(20)16(14)22)9-15-17(23)21(18(25)26-15)12-5-3-11(19)4-6-12/h3-9,22H,2H2,1H3/b15-9-. The van der Waals surface area contributed by atoms with E-state index in [-0.39, 0.29) is 22.4 Å². The van der Waals surface area contributed by atoms with E-state index in [1.54, 1.807) is 18.2 Å². The number of rotatable bonds is 4. The van der Waals surface area contributed by atoms with E-state index in [2.05, 4.69) is 15.9 Å². The SMILES string of the molecule is CCOc1cc(/C=C2\SC(=S)N(c3ccc(Br)cc3)C2=O)cc(Cl)c1O. The number of ether oxygens (including phenoxy) is 1. The zero-order valence-corrected chi connectivity index (χ0v) is 17.5. The van der Waals surface area contributed by atoms with Gasteiger partial charge in [0.15, 0.2) is 15.8 Å². The number of halogens is 2. The van der Waals surface area contributed by atoms with E-state index in [0.717, 1.165) is 4.47 Å². The lowest BCUT2D eigenvalue weighted by molar-refractivity contribution is -0.113. The molecule has 1 fully saturated rings. The van der Waals surface area contributed by atoms with Crippen molar-refractivity contribution in [2.24, 2.45) is 0 Å². The smallest absolute Gasteiger partial charge is 0.270 e. The molecular weight excluding hydrogens is 458 g/mol. The highest BCUT2D eigenvalue weighted by Crippen LogP contribution is 2.39. The second kappa shape index (κ2) is 8.00. The number of phenolic OH excluding ortho intramolecular Hbond substituents is 1. The monoisotopic (exact) mass is 469 g/mol. The molecule has 4 nitrogen and oxygen atoms in total. The molecule has 1 amide bonds. The van der Waals surface area contributed by atoms with Crippen molar-refractivity contribution in [3.8, 4) is 11.5 Å². The minimum Gasteiger partial charge on any atom is -0.503 e. The molecule has 1 N–H and O–H groups in total. The lowest BCUT2D eigenvalue weighted by Gasteiger charge is -2.14. The van der Waals surface area contributed by atoms with Crippen LogP contribution < -0.4 is 9.64 Å². The molecule has 2 aromatic rings. The molecule has 8 heteroatoms. The Morgan fingerprint density at radius 2 is 2.04 bits per heavy atom. The highest BCUT2D eigenvalue weighted by atomic mass is 79.9. The molecule has 0 aromatic heterocycles. The molecule has 26 heavy (non-hydrogen) atoms. The Labute approximate surface area is 173 Å². The van der Waals surface area contributed by atoms with Gasteiger partial charge in [0.1, 0.15) is 0 Å².